The molecule has 0 N–H and O–H groups in total. The van der Waals surface area contributed by atoms with Gasteiger partial charge in [-0.3, -0.25) is 0 Å². The van der Waals surface area contributed by atoms with Crippen LogP contribution in [0.4, 0.5) is 4.79 Å². The molecule has 84 valence electrons. The molecule has 0 aromatic heterocycles. The van der Waals surface area contributed by atoms with Crippen LogP contribution in [0, 0.1) is 5.92 Å². The molecule has 0 aromatic rings. The van der Waals surface area contributed by atoms with Gasteiger partial charge < -0.3 is 14.4 Å². The van der Waals surface area contributed by atoms with Gasteiger partial charge in [0.1, 0.15) is 12.4 Å². The fraction of sp³-hybridized carbons (Fsp3) is 0.636. The molecule has 1 unspecified atom stereocenters. The molecule has 1 rings (SSSR count). The first-order valence-electron chi connectivity index (χ1n) is 5.15. The Bertz CT molecular complexity index is 263. The number of ether oxygens (including phenoxy) is 1. The Morgan fingerprint density at radius 2 is 2.33 bits per heavy atom. The third kappa shape index (κ3) is 3.73. The van der Waals surface area contributed by atoms with E-state index in [1.807, 2.05) is 0 Å². The molecule has 1 saturated heterocycles. The lowest BCUT2D eigenvalue weighted by molar-refractivity contribution is -0.117. The van der Waals surface area contributed by atoms with E-state index in [2.05, 4.69) is 6.58 Å². The highest BCUT2D eigenvalue weighted by atomic mass is 16.6. The van der Waals surface area contributed by atoms with E-state index in [-0.39, 0.29) is 18.5 Å². The van der Waals surface area contributed by atoms with Gasteiger partial charge in [-0.25, -0.2) is 4.79 Å². The van der Waals surface area contributed by atoms with Crippen molar-refractivity contribution in [3.8, 4) is 0 Å². The van der Waals surface area contributed by atoms with Crippen LogP contribution in [0.5, 0.6) is 0 Å². The smallest absolute Gasteiger partial charge is 0.410 e. The highest BCUT2D eigenvalue weighted by molar-refractivity contribution is 5.76. The van der Waals surface area contributed by atoms with Gasteiger partial charge in [0.2, 0.25) is 0 Å². The Morgan fingerprint density at radius 3 is 2.93 bits per heavy atom. The molecule has 0 bridgehead atoms. The van der Waals surface area contributed by atoms with Crippen LogP contribution in [-0.4, -0.2) is 36.5 Å². The fourth-order valence-electron chi connectivity index (χ4n) is 1.79. The lowest BCUT2D eigenvalue weighted by Gasteiger charge is -2.15. The lowest BCUT2D eigenvalue weighted by atomic mass is 10.0. The second kappa shape index (κ2) is 5.53. The van der Waals surface area contributed by atoms with E-state index in [9.17, 15) is 9.59 Å². The summed E-state index contributed by atoms with van der Waals surface area (Å²) in [5.41, 5.74) is 0. The second-order valence-electron chi connectivity index (χ2n) is 3.87. The summed E-state index contributed by atoms with van der Waals surface area (Å²) in [5, 5.41) is 0. The van der Waals surface area contributed by atoms with Gasteiger partial charge in [-0.15, -0.1) is 0 Å². The third-order valence-corrected chi connectivity index (χ3v) is 2.44. The van der Waals surface area contributed by atoms with Crippen LogP contribution in [-0.2, 0) is 9.53 Å². The predicted octanol–water partition coefficient (Wildman–Crippen LogP) is 1.61. The summed E-state index contributed by atoms with van der Waals surface area (Å²) >= 11 is 0. The first-order valence-corrected chi connectivity index (χ1v) is 5.15. The fourth-order valence-corrected chi connectivity index (χ4v) is 1.79. The van der Waals surface area contributed by atoms with Crippen molar-refractivity contribution in [2.75, 3.05) is 19.7 Å². The average Bonchev–Trinajstić information content (AvgIpc) is 2.61. The van der Waals surface area contributed by atoms with Crippen molar-refractivity contribution in [2.24, 2.45) is 5.92 Å². The molecule has 1 fully saturated rings. The molecule has 0 radical (unpaired) electrons. The highest BCUT2D eigenvalue weighted by Gasteiger charge is 2.27. The van der Waals surface area contributed by atoms with Crippen molar-refractivity contribution in [1.29, 1.82) is 0 Å². The topological polar surface area (TPSA) is 46.6 Å². The number of likely N-dealkylation sites (tertiary alicyclic amines) is 1. The van der Waals surface area contributed by atoms with Crippen molar-refractivity contribution in [2.45, 2.75) is 19.8 Å². The molecule has 0 saturated carbocycles. The number of hydrogen-bond acceptors (Lipinski definition) is 3. The number of carbonyl (C=O) groups is 2. The van der Waals surface area contributed by atoms with Crippen LogP contribution in [0.2, 0.25) is 0 Å². The summed E-state index contributed by atoms with van der Waals surface area (Å²) in [4.78, 5) is 24.0. The van der Waals surface area contributed by atoms with Gasteiger partial charge in [-0.2, -0.15) is 0 Å². The van der Waals surface area contributed by atoms with E-state index in [1.54, 1.807) is 17.9 Å². The van der Waals surface area contributed by atoms with Crippen molar-refractivity contribution >= 4 is 11.9 Å². The molecule has 1 heterocycles. The van der Waals surface area contributed by atoms with Crippen LogP contribution in [0.1, 0.15) is 19.8 Å². The minimum absolute atomic E-state index is 0.182. The van der Waals surface area contributed by atoms with Gasteiger partial charge in [0.05, 0.1) is 0 Å². The third-order valence-electron chi connectivity index (χ3n) is 2.44. The Balaban J connectivity index is 2.31. The molecule has 4 nitrogen and oxygen atoms in total. The minimum Gasteiger partial charge on any atom is -0.445 e. The average molecular weight is 211 g/mol. The van der Waals surface area contributed by atoms with E-state index in [0.29, 0.717) is 25.4 Å². The van der Waals surface area contributed by atoms with E-state index in [4.69, 9.17) is 4.74 Å². The zero-order chi connectivity index (χ0) is 11.3. The molecular weight excluding hydrogens is 194 g/mol. The predicted molar refractivity (Wildman–Crippen MR) is 56.5 cm³/mol. The number of Topliss-reactive ketones (excluding diaryl/α,β-unsaturated/α-hetero) is 1. The molecule has 0 aromatic carbocycles. The Hall–Kier alpha value is -1.32. The Labute approximate surface area is 89.9 Å². The van der Waals surface area contributed by atoms with Gasteiger partial charge in [0.25, 0.3) is 0 Å². The van der Waals surface area contributed by atoms with E-state index >= 15 is 0 Å². The summed E-state index contributed by atoms with van der Waals surface area (Å²) in [6, 6.07) is 0. The van der Waals surface area contributed by atoms with Crippen molar-refractivity contribution < 1.29 is 14.3 Å². The SMILES string of the molecule is C=CCOC(=O)N1CCC(CC(C)=O)C1. The number of carbonyl (C=O) groups excluding carboxylic acids is 2. The Kier molecular flexibility index (Phi) is 4.34. The molecule has 4 heteroatoms. The minimum atomic E-state index is -0.305. The van der Waals surface area contributed by atoms with E-state index in [0.717, 1.165) is 6.42 Å². The zero-order valence-corrected chi connectivity index (χ0v) is 9.07. The van der Waals surface area contributed by atoms with Crippen molar-refractivity contribution in [1.82, 2.24) is 4.90 Å². The van der Waals surface area contributed by atoms with Crippen molar-refractivity contribution in [3.63, 3.8) is 0 Å². The van der Waals surface area contributed by atoms with Gasteiger partial charge in [-0.05, 0) is 19.3 Å². The van der Waals surface area contributed by atoms with Gasteiger partial charge in [0, 0.05) is 19.5 Å². The molecule has 1 aliphatic rings. The van der Waals surface area contributed by atoms with Crippen LogP contribution in [0.15, 0.2) is 12.7 Å². The zero-order valence-electron chi connectivity index (χ0n) is 9.07. The number of hydrogen-bond donors (Lipinski definition) is 0. The Morgan fingerprint density at radius 1 is 1.60 bits per heavy atom. The van der Waals surface area contributed by atoms with Crippen LogP contribution < -0.4 is 0 Å². The summed E-state index contributed by atoms with van der Waals surface area (Å²) < 4.78 is 4.91. The molecule has 0 spiro atoms. The van der Waals surface area contributed by atoms with Crippen LogP contribution >= 0.6 is 0 Å². The second-order valence-corrected chi connectivity index (χ2v) is 3.87. The molecule has 1 amide bonds. The molecule has 15 heavy (non-hydrogen) atoms. The maximum atomic E-state index is 11.4. The van der Waals surface area contributed by atoms with Crippen molar-refractivity contribution in [3.05, 3.63) is 12.7 Å². The first kappa shape index (κ1) is 11.8. The highest BCUT2D eigenvalue weighted by Crippen LogP contribution is 2.20. The summed E-state index contributed by atoms with van der Waals surface area (Å²) in [6.45, 7) is 6.62. The van der Waals surface area contributed by atoms with Gasteiger partial charge in [-0.1, -0.05) is 12.7 Å². The maximum absolute atomic E-state index is 11.4. The summed E-state index contributed by atoms with van der Waals surface area (Å²) in [6.07, 6.45) is 2.69. The quantitative estimate of drug-likeness (QED) is 0.664. The normalized spacial score (nSPS) is 20.1. The molecule has 0 aliphatic carbocycles. The van der Waals surface area contributed by atoms with Gasteiger partial charge in [0.15, 0.2) is 0 Å². The number of ketones is 1. The van der Waals surface area contributed by atoms with Crippen LogP contribution in [0.3, 0.4) is 0 Å². The van der Waals surface area contributed by atoms with E-state index < -0.39 is 0 Å². The number of nitrogens with zero attached hydrogens (tertiary/aromatic N) is 1. The largest absolute Gasteiger partial charge is 0.445 e. The molecular formula is C11H17NO3. The monoisotopic (exact) mass is 211 g/mol. The number of rotatable bonds is 4. The standard InChI is InChI=1S/C11H17NO3/c1-3-6-15-11(14)12-5-4-10(8-12)7-9(2)13/h3,10H,1,4-8H2,2H3. The molecule has 1 atom stereocenters. The first-order chi connectivity index (χ1) is 7.13. The van der Waals surface area contributed by atoms with Crippen LogP contribution in [0.25, 0.3) is 0 Å². The lowest BCUT2D eigenvalue weighted by Crippen LogP contribution is -2.29. The maximum Gasteiger partial charge on any atom is 0.410 e. The summed E-state index contributed by atoms with van der Waals surface area (Å²) in [5.74, 6) is 0.486. The number of amides is 1. The summed E-state index contributed by atoms with van der Waals surface area (Å²) in [7, 11) is 0. The van der Waals surface area contributed by atoms with E-state index in [1.165, 1.54) is 0 Å². The van der Waals surface area contributed by atoms with Gasteiger partial charge >= 0.3 is 6.09 Å². The molecule has 1 aliphatic heterocycles.